The van der Waals surface area contributed by atoms with Gasteiger partial charge in [-0.25, -0.2) is 4.99 Å². The summed E-state index contributed by atoms with van der Waals surface area (Å²) >= 11 is 0. The van der Waals surface area contributed by atoms with E-state index in [4.69, 9.17) is 5.73 Å². The van der Waals surface area contributed by atoms with Crippen molar-refractivity contribution in [2.75, 3.05) is 0 Å². The lowest BCUT2D eigenvalue weighted by atomic mass is 10.1. The maximum Gasteiger partial charge on any atom is 0.189 e. The largest absolute Gasteiger partial charge is 0.370 e. The summed E-state index contributed by atoms with van der Waals surface area (Å²) in [6.45, 7) is 2.58. The van der Waals surface area contributed by atoms with E-state index >= 15 is 0 Å². The monoisotopic (exact) mass is 260 g/mol. The smallest absolute Gasteiger partial charge is 0.189 e. The van der Waals surface area contributed by atoms with Gasteiger partial charge in [-0.2, -0.15) is 0 Å². The number of aryl methyl sites for hydroxylation is 1. The Bertz CT molecular complexity index is 403. The van der Waals surface area contributed by atoms with Crippen LogP contribution < -0.4 is 11.1 Å². The SMILES string of the molecule is Cc1ccc(CN=C(N)NC2CCCCCC2)cn1. The van der Waals surface area contributed by atoms with Gasteiger partial charge in [0.25, 0.3) is 0 Å². The third-order valence-electron chi connectivity index (χ3n) is 3.61. The minimum atomic E-state index is 0.502. The van der Waals surface area contributed by atoms with E-state index in [1.165, 1.54) is 38.5 Å². The van der Waals surface area contributed by atoms with Gasteiger partial charge in [0, 0.05) is 17.9 Å². The highest BCUT2D eigenvalue weighted by atomic mass is 15.1. The molecule has 2 rings (SSSR count). The highest BCUT2D eigenvalue weighted by molar-refractivity contribution is 5.78. The van der Waals surface area contributed by atoms with Crippen LogP contribution in [0.5, 0.6) is 0 Å². The maximum atomic E-state index is 5.95. The number of pyridine rings is 1. The molecule has 1 fully saturated rings. The molecule has 0 amide bonds. The molecule has 1 saturated carbocycles. The van der Waals surface area contributed by atoms with Crippen LogP contribution in [0.4, 0.5) is 0 Å². The molecule has 1 aromatic rings. The summed E-state index contributed by atoms with van der Waals surface area (Å²) in [7, 11) is 0. The maximum absolute atomic E-state index is 5.95. The Morgan fingerprint density at radius 2 is 2.05 bits per heavy atom. The molecule has 0 aromatic carbocycles. The molecule has 0 aliphatic heterocycles. The average molecular weight is 260 g/mol. The van der Waals surface area contributed by atoms with Crippen LogP contribution in [0, 0.1) is 6.92 Å². The quantitative estimate of drug-likeness (QED) is 0.498. The summed E-state index contributed by atoms with van der Waals surface area (Å²) in [5.74, 6) is 0.562. The van der Waals surface area contributed by atoms with Gasteiger partial charge in [-0.15, -0.1) is 0 Å². The fraction of sp³-hybridized carbons (Fsp3) is 0.600. The van der Waals surface area contributed by atoms with Gasteiger partial charge >= 0.3 is 0 Å². The lowest BCUT2D eigenvalue weighted by Gasteiger charge is -2.16. The second-order valence-corrected chi connectivity index (χ2v) is 5.34. The van der Waals surface area contributed by atoms with Gasteiger partial charge in [-0.3, -0.25) is 4.98 Å². The van der Waals surface area contributed by atoms with Crippen LogP contribution in [-0.2, 0) is 6.54 Å². The van der Waals surface area contributed by atoms with Crippen molar-refractivity contribution in [1.82, 2.24) is 10.3 Å². The molecule has 0 saturated heterocycles. The molecule has 0 radical (unpaired) electrons. The van der Waals surface area contributed by atoms with Crippen LogP contribution in [0.2, 0.25) is 0 Å². The molecule has 0 atom stereocenters. The number of hydrogen-bond donors (Lipinski definition) is 2. The molecular weight excluding hydrogens is 236 g/mol. The topological polar surface area (TPSA) is 63.3 Å². The summed E-state index contributed by atoms with van der Waals surface area (Å²) in [6.07, 6.45) is 9.58. The van der Waals surface area contributed by atoms with Crippen molar-refractivity contribution in [3.05, 3.63) is 29.6 Å². The van der Waals surface area contributed by atoms with Crippen molar-refractivity contribution in [2.45, 2.75) is 58.0 Å². The molecule has 4 nitrogen and oxygen atoms in total. The van der Waals surface area contributed by atoms with E-state index in [9.17, 15) is 0 Å². The molecule has 0 unspecified atom stereocenters. The Kier molecular flexibility index (Phi) is 5.19. The van der Waals surface area contributed by atoms with Crippen molar-refractivity contribution >= 4 is 5.96 Å². The Labute approximate surface area is 115 Å². The van der Waals surface area contributed by atoms with Gasteiger partial charge in [0.1, 0.15) is 0 Å². The summed E-state index contributed by atoms with van der Waals surface area (Å²) < 4.78 is 0. The Morgan fingerprint density at radius 1 is 1.32 bits per heavy atom. The predicted octanol–water partition coefficient (Wildman–Crippen LogP) is 2.52. The van der Waals surface area contributed by atoms with Crippen molar-refractivity contribution in [1.29, 1.82) is 0 Å². The molecule has 19 heavy (non-hydrogen) atoms. The lowest BCUT2D eigenvalue weighted by Crippen LogP contribution is -2.39. The molecule has 104 valence electrons. The first-order valence-electron chi connectivity index (χ1n) is 7.22. The highest BCUT2D eigenvalue weighted by Gasteiger charge is 2.12. The molecule has 1 aliphatic carbocycles. The fourth-order valence-corrected chi connectivity index (χ4v) is 2.45. The minimum absolute atomic E-state index is 0.502. The number of hydrogen-bond acceptors (Lipinski definition) is 2. The first-order valence-corrected chi connectivity index (χ1v) is 7.22. The number of rotatable bonds is 3. The first kappa shape index (κ1) is 13.8. The number of nitrogens with two attached hydrogens (primary N) is 1. The third kappa shape index (κ3) is 4.89. The van der Waals surface area contributed by atoms with Gasteiger partial charge in [-0.1, -0.05) is 31.7 Å². The van der Waals surface area contributed by atoms with Crippen LogP contribution >= 0.6 is 0 Å². The van der Waals surface area contributed by atoms with Crippen LogP contribution in [0.3, 0.4) is 0 Å². The summed E-state index contributed by atoms with van der Waals surface area (Å²) in [5, 5.41) is 3.35. The van der Waals surface area contributed by atoms with E-state index in [1.54, 1.807) is 0 Å². The van der Waals surface area contributed by atoms with Gasteiger partial charge in [-0.05, 0) is 31.4 Å². The number of nitrogens with one attached hydrogen (secondary N) is 1. The van der Waals surface area contributed by atoms with Crippen LogP contribution in [0.1, 0.15) is 49.8 Å². The molecule has 1 aromatic heterocycles. The van der Waals surface area contributed by atoms with E-state index in [0.717, 1.165) is 11.3 Å². The van der Waals surface area contributed by atoms with E-state index in [2.05, 4.69) is 15.3 Å². The lowest BCUT2D eigenvalue weighted by molar-refractivity contribution is 0.530. The minimum Gasteiger partial charge on any atom is -0.370 e. The van der Waals surface area contributed by atoms with Crippen LogP contribution in [0.15, 0.2) is 23.3 Å². The van der Waals surface area contributed by atoms with Crippen molar-refractivity contribution < 1.29 is 0 Å². The van der Waals surface area contributed by atoms with Gasteiger partial charge < -0.3 is 11.1 Å². The van der Waals surface area contributed by atoms with E-state index in [-0.39, 0.29) is 0 Å². The van der Waals surface area contributed by atoms with E-state index in [0.29, 0.717) is 18.5 Å². The molecule has 0 bridgehead atoms. The van der Waals surface area contributed by atoms with Gasteiger partial charge in [0.05, 0.1) is 6.54 Å². The summed E-state index contributed by atoms with van der Waals surface area (Å²) in [4.78, 5) is 8.65. The first-order chi connectivity index (χ1) is 9.24. The zero-order chi connectivity index (χ0) is 13.5. The van der Waals surface area contributed by atoms with Crippen molar-refractivity contribution in [3.63, 3.8) is 0 Å². The number of nitrogens with zero attached hydrogens (tertiary/aromatic N) is 2. The zero-order valence-corrected chi connectivity index (χ0v) is 11.7. The highest BCUT2D eigenvalue weighted by Crippen LogP contribution is 2.16. The molecule has 4 heteroatoms. The molecule has 3 N–H and O–H groups in total. The second kappa shape index (κ2) is 7.12. The van der Waals surface area contributed by atoms with Gasteiger partial charge in [0.15, 0.2) is 5.96 Å². The second-order valence-electron chi connectivity index (χ2n) is 5.34. The Balaban J connectivity index is 1.82. The number of aliphatic imine (C=N–C) groups is 1. The van der Waals surface area contributed by atoms with Crippen molar-refractivity contribution in [3.8, 4) is 0 Å². The standard InChI is InChI=1S/C15H24N4/c1-12-8-9-13(10-17-12)11-18-15(16)19-14-6-4-2-3-5-7-14/h8-10,14H,2-7,11H2,1H3,(H3,16,18,19). The molecule has 1 heterocycles. The summed E-state index contributed by atoms with van der Waals surface area (Å²) in [5.41, 5.74) is 8.07. The fourth-order valence-electron chi connectivity index (χ4n) is 2.45. The van der Waals surface area contributed by atoms with Crippen molar-refractivity contribution in [2.24, 2.45) is 10.7 Å². The number of guanidine groups is 1. The van der Waals surface area contributed by atoms with Gasteiger partial charge in [0.2, 0.25) is 0 Å². The normalized spacial score (nSPS) is 18.1. The van der Waals surface area contributed by atoms with Crippen LogP contribution in [0.25, 0.3) is 0 Å². The summed E-state index contributed by atoms with van der Waals surface area (Å²) in [6, 6.07) is 4.55. The van der Waals surface area contributed by atoms with E-state index in [1.807, 2.05) is 25.3 Å². The zero-order valence-electron chi connectivity index (χ0n) is 11.7. The Morgan fingerprint density at radius 3 is 2.68 bits per heavy atom. The van der Waals surface area contributed by atoms with E-state index < -0.39 is 0 Å². The number of aromatic nitrogens is 1. The van der Waals surface area contributed by atoms with Crippen LogP contribution in [-0.4, -0.2) is 17.0 Å². The Hall–Kier alpha value is -1.58. The predicted molar refractivity (Wildman–Crippen MR) is 78.9 cm³/mol. The molecule has 1 aliphatic rings. The average Bonchev–Trinajstić information content (AvgIpc) is 2.67. The third-order valence-corrected chi connectivity index (χ3v) is 3.61. The molecule has 0 spiro atoms. The molecular formula is C15H24N4.